The SMILES string of the molecule is C=C[C@@H]1CN(c2ccc(C(=O)Nc3cc(F)c4nn(C)cc4c3)c3nc(-c4ccoc4)ncc23)C[C@H](C=C)N1. The Kier molecular flexibility index (Phi) is 6.16. The van der Waals surface area contributed by atoms with E-state index in [1.165, 1.54) is 10.7 Å². The summed E-state index contributed by atoms with van der Waals surface area (Å²) in [5, 5.41) is 11.7. The average molecular weight is 524 g/mol. The molecule has 196 valence electrons. The number of anilines is 2. The number of amides is 1. The molecule has 39 heavy (non-hydrogen) atoms. The van der Waals surface area contributed by atoms with E-state index < -0.39 is 11.7 Å². The van der Waals surface area contributed by atoms with Gasteiger partial charge in [0.2, 0.25) is 0 Å². The number of aryl methyl sites for hydroxylation is 1. The summed E-state index contributed by atoms with van der Waals surface area (Å²) >= 11 is 0. The van der Waals surface area contributed by atoms with Gasteiger partial charge < -0.3 is 20.0 Å². The van der Waals surface area contributed by atoms with E-state index in [0.717, 1.165) is 11.1 Å². The number of nitrogens with one attached hydrogen (secondary N) is 2. The van der Waals surface area contributed by atoms with Crippen LogP contribution in [0.5, 0.6) is 0 Å². The molecule has 0 bridgehead atoms. The van der Waals surface area contributed by atoms with E-state index in [0.29, 0.717) is 46.6 Å². The Labute approximate surface area is 223 Å². The minimum absolute atomic E-state index is 0.0585. The van der Waals surface area contributed by atoms with Crippen LogP contribution in [0.4, 0.5) is 15.8 Å². The van der Waals surface area contributed by atoms with Crippen molar-refractivity contribution in [3.63, 3.8) is 0 Å². The number of carbonyl (C=O) groups is 1. The Morgan fingerprint density at radius 2 is 1.97 bits per heavy atom. The zero-order chi connectivity index (χ0) is 27.1. The molecule has 0 unspecified atom stereocenters. The number of fused-ring (bicyclic) bond motifs is 2. The smallest absolute Gasteiger partial charge is 0.257 e. The van der Waals surface area contributed by atoms with Crippen molar-refractivity contribution < 1.29 is 13.6 Å². The Morgan fingerprint density at radius 1 is 1.18 bits per heavy atom. The zero-order valence-corrected chi connectivity index (χ0v) is 21.3. The molecule has 1 aliphatic rings. The summed E-state index contributed by atoms with van der Waals surface area (Å²) in [7, 11) is 1.72. The quantitative estimate of drug-likeness (QED) is 0.312. The Bertz CT molecular complexity index is 1710. The first-order chi connectivity index (χ1) is 18.9. The van der Waals surface area contributed by atoms with Crippen molar-refractivity contribution >= 4 is 39.1 Å². The second-order valence-corrected chi connectivity index (χ2v) is 9.51. The largest absolute Gasteiger partial charge is 0.472 e. The molecule has 0 radical (unpaired) electrons. The third kappa shape index (κ3) is 4.55. The lowest BCUT2D eigenvalue weighted by Crippen LogP contribution is -2.55. The molecule has 10 heteroatoms. The molecule has 5 aromatic rings. The molecule has 0 saturated carbocycles. The van der Waals surface area contributed by atoms with Crippen molar-refractivity contribution in [2.75, 3.05) is 23.3 Å². The van der Waals surface area contributed by atoms with Crippen molar-refractivity contribution in [2.45, 2.75) is 12.1 Å². The maximum absolute atomic E-state index is 14.7. The van der Waals surface area contributed by atoms with Crippen LogP contribution in [0.3, 0.4) is 0 Å². The summed E-state index contributed by atoms with van der Waals surface area (Å²) in [6, 6.07) is 8.47. The summed E-state index contributed by atoms with van der Waals surface area (Å²) in [4.78, 5) is 25.1. The van der Waals surface area contributed by atoms with Gasteiger partial charge in [0.1, 0.15) is 11.8 Å². The molecule has 1 amide bonds. The lowest BCUT2D eigenvalue weighted by Gasteiger charge is -2.38. The van der Waals surface area contributed by atoms with E-state index in [4.69, 9.17) is 9.40 Å². The lowest BCUT2D eigenvalue weighted by molar-refractivity contribution is 0.102. The third-order valence-electron chi connectivity index (χ3n) is 6.86. The molecule has 2 N–H and O–H groups in total. The standard InChI is InChI=1S/C29H26FN7O2/c1-4-19-14-37(15-20(5-2)32-19)25-7-6-22(27-23(25)12-31-28(34-27)17-8-9-39-16-17)29(38)33-21-10-18-13-36(3)35-26(18)24(30)11-21/h4-13,16,19-20,32H,1-2,14-15H2,3H3,(H,33,38)/t19-,20+. The molecule has 0 aliphatic carbocycles. The first kappa shape index (κ1) is 24.5. The van der Waals surface area contributed by atoms with Gasteiger partial charge in [-0.15, -0.1) is 13.2 Å². The van der Waals surface area contributed by atoms with Crippen molar-refractivity contribution in [1.29, 1.82) is 0 Å². The number of rotatable bonds is 6. The number of furan rings is 1. The number of nitrogens with zero attached hydrogens (tertiary/aromatic N) is 5. The molecule has 0 spiro atoms. The topological polar surface area (TPSA) is 101 Å². The van der Waals surface area contributed by atoms with Crippen LogP contribution in [0.2, 0.25) is 0 Å². The molecular formula is C29H26FN7O2. The average Bonchev–Trinajstić information content (AvgIpc) is 3.61. The van der Waals surface area contributed by atoms with Crippen molar-refractivity contribution in [2.24, 2.45) is 7.05 Å². The number of hydrogen-bond donors (Lipinski definition) is 2. The van der Waals surface area contributed by atoms with Crippen molar-refractivity contribution in [3.05, 3.63) is 91.9 Å². The second-order valence-electron chi connectivity index (χ2n) is 9.51. The van der Waals surface area contributed by atoms with E-state index in [1.807, 2.05) is 18.2 Å². The van der Waals surface area contributed by atoms with Gasteiger partial charge in [0, 0.05) is 66.8 Å². The lowest BCUT2D eigenvalue weighted by atomic mass is 10.0. The zero-order valence-electron chi connectivity index (χ0n) is 21.3. The Hall–Kier alpha value is -4.83. The molecule has 9 nitrogen and oxygen atoms in total. The molecule has 1 aliphatic heterocycles. The first-order valence-electron chi connectivity index (χ1n) is 12.5. The summed E-state index contributed by atoms with van der Waals surface area (Å²) in [6.07, 6.45) is 10.3. The predicted octanol–water partition coefficient (Wildman–Crippen LogP) is 4.69. The minimum atomic E-state index is -0.513. The molecule has 2 atom stereocenters. The Balaban J connectivity index is 1.43. The van der Waals surface area contributed by atoms with Gasteiger partial charge in [-0.25, -0.2) is 14.4 Å². The molecule has 6 rings (SSSR count). The monoisotopic (exact) mass is 523 g/mol. The fourth-order valence-electron chi connectivity index (χ4n) is 4.99. The fourth-order valence-corrected chi connectivity index (χ4v) is 4.99. The molecule has 3 aromatic heterocycles. The molecule has 1 fully saturated rings. The normalized spacial score (nSPS) is 17.4. The molecule has 4 heterocycles. The van der Waals surface area contributed by atoms with Gasteiger partial charge in [0.25, 0.3) is 5.91 Å². The predicted molar refractivity (Wildman–Crippen MR) is 149 cm³/mol. The first-order valence-corrected chi connectivity index (χ1v) is 12.5. The highest BCUT2D eigenvalue weighted by Crippen LogP contribution is 2.32. The van der Waals surface area contributed by atoms with Gasteiger partial charge in [-0.1, -0.05) is 12.2 Å². The summed E-state index contributed by atoms with van der Waals surface area (Å²) in [5.74, 6) is -0.502. The van der Waals surface area contributed by atoms with Crippen LogP contribution >= 0.6 is 0 Å². The number of hydrogen-bond acceptors (Lipinski definition) is 7. The maximum atomic E-state index is 14.7. The summed E-state index contributed by atoms with van der Waals surface area (Å²) in [6.45, 7) is 9.26. The highest BCUT2D eigenvalue weighted by Gasteiger charge is 2.26. The number of piperazine rings is 1. The third-order valence-corrected chi connectivity index (χ3v) is 6.86. The summed E-state index contributed by atoms with van der Waals surface area (Å²) in [5.41, 5.74) is 2.96. The van der Waals surface area contributed by atoms with Crippen LogP contribution < -0.4 is 15.5 Å². The van der Waals surface area contributed by atoms with Gasteiger partial charge in [0.05, 0.1) is 22.9 Å². The maximum Gasteiger partial charge on any atom is 0.257 e. The molecule has 1 saturated heterocycles. The number of halogens is 1. The van der Waals surface area contributed by atoms with Crippen LogP contribution in [0.25, 0.3) is 33.2 Å². The van der Waals surface area contributed by atoms with Gasteiger partial charge in [-0.05, 0) is 30.3 Å². The van der Waals surface area contributed by atoms with E-state index in [-0.39, 0.29) is 17.6 Å². The van der Waals surface area contributed by atoms with Crippen LogP contribution in [0.1, 0.15) is 10.4 Å². The molecule has 2 aromatic carbocycles. The van der Waals surface area contributed by atoms with E-state index in [2.05, 4.69) is 38.8 Å². The highest BCUT2D eigenvalue weighted by molar-refractivity contribution is 6.14. The Morgan fingerprint density at radius 3 is 2.69 bits per heavy atom. The van der Waals surface area contributed by atoms with Crippen LogP contribution in [0, 0.1) is 5.82 Å². The van der Waals surface area contributed by atoms with Gasteiger partial charge >= 0.3 is 0 Å². The van der Waals surface area contributed by atoms with Crippen LogP contribution in [-0.2, 0) is 7.05 Å². The molecular weight excluding hydrogens is 497 g/mol. The van der Waals surface area contributed by atoms with E-state index >= 15 is 0 Å². The fraction of sp³-hybridized carbons (Fsp3) is 0.172. The number of aromatic nitrogens is 4. The van der Waals surface area contributed by atoms with Gasteiger partial charge in [-0.2, -0.15) is 5.10 Å². The van der Waals surface area contributed by atoms with E-state index in [1.54, 1.807) is 50.2 Å². The van der Waals surface area contributed by atoms with Gasteiger partial charge in [-0.3, -0.25) is 9.48 Å². The number of benzene rings is 2. The highest BCUT2D eigenvalue weighted by atomic mass is 19.1. The van der Waals surface area contributed by atoms with E-state index in [9.17, 15) is 9.18 Å². The van der Waals surface area contributed by atoms with Gasteiger partial charge in [0.15, 0.2) is 11.6 Å². The van der Waals surface area contributed by atoms with Crippen LogP contribution in [0.15, 0.2) is 85.0 Å². The van der Waals surface area contributed by atoms with Crippen molar-refractivity contribution in [1.82, 2.24) is 25.1 Å². The van der Waals surface area contributed by atoms with Crippen LogP contribution in [-0.4, -0.2) is 50.8 Å². The number of carbonyl (C=O) groups excluding carboxylic acids is 1. The van der Waals surface area contributed by atoms with Crippen molar-refractivity contribution in [3.8, 4) is 11.4 Å². The minimum Gasteiger partial charge on any atom is -0.472 e. The summed E-state index contributed by atoms with van der Waals surface area (Å²) < 4.78 is 21.4. The second kappa shape index (κ2) is 9.80.